The molecule has 0 amide bonds. The van der Waals surface area contributed by atoms with Crippen molar-refractivity contribution in [2.75, 3.05) is 0 Å². The number of carbonyl (C=O) groups is 1. The molecule has 0 fully saturated rings. The average molecular weight is 295 g/mol. The minimum atomic E-state index is -1.01. The maximum absolute atomic E-state index is 11.2. The maximum atomic E-state index is 11.2. The van der Waals surface area contributed by atoms with Gasteiger partial charge in [0.05, 0.1) is 0 Å². The van der Waals surface area contributed by atoms with Gasteiger partial charge < -0.3 is 9.67 Å². The Morgan fingerprint density at radius 2 is 1.95 bits per heavy atom. The molecule has 0 aliphatic carbocycles. The molecule has 0 saturated carbocycles. The van der Waals surface area contributed by atoms with Crippen molar-refractivity contribution in [3.8, 4) is 11.1 Å². The highest BCUT2D eigenvalue weighted by Gasteiger charge is 2.15. The number of carboxylic acids is 1. The standard InChI is InChI=1S/C17H17N3O2/c1-11(2)9-20-10-14(12-5-7-18-8-6-12)13-3-4-15(17(21)22)19-16(13)20/h3-8,10-11H,9H2,1-2H3,(H,21,22). The quantitative estimate of drug-likeness (QED) is 0.800. The monoisotopic (exact) mass is 295 g/mol. The fourth-order valence-electron chi connectivity index (χ4n) is 2.58. The molecule has 3 aromatic rings. The van der Waals surface area contributed by atoms with E-state index in [-0.39, 0.29) is 5.69 Å². The van der Waals surface area contributed by atoms with Gasteiger partial charge in [-0.15, -0.1) is 0 Å². The van der Waals surface area contributed by atoms with Crippen LogP contribution in [0, 0.1) is 5.92 Å². The zero-order chi connectivity index (χ0) is 15.7. The predicted molar refractivity (Wildman–Crippen MR) is 84.8 cm³/mol. The van der Waals surface area contributed by atoms with Gasteiger partial charge in [0, 0.05) is 36.1 Å². The summed E-state index contributed by atoms with van der Waals surface area (Å²) in [6.45, 7) is 5.04. The molecule has 0 unspecified atom stereocenters. The maximum Gasteiger partial charge on any atom is 0.354 e. The van der Waals surface area contributed by atoms with E-state index in [1.54, 1.807) is 18.5 Å². The largest absolute Gasteiger partial charge is 0.477 e. The lowest BCUT2D eigenvalue weighted by molar-refractivity contribution is 0.0691. The van der Waals surface area contributed by atoms with Gasteiger partial charge in [0.25, 0.3) is 0 Å². The summed E-state index contributed by atoms with van der Waals surface area (Å²) in [6.07, 6.45) is 5.54. The van der Waals surface area contributed by atoms with Crippen molar-refractivity contribution >= 4 is 17.0 Å². The molecular formula is C17H17N3O2. The molecule has 0 atom stereocenters. The summed E-state index contributed by atoms with van der Waals surface area (Å²) >= 11 is 0. The van der Waals surface area contributed by atoms with E-state index in [0.717, 1.165) is 23.1 Å². The molecule has 22 heavy (non-hydrogen) atoms. The second kappa shape index (κ2) is 5.60. The summed E-state index contributed by atoms with van der Waals surface area (Å²) in [5.41, 5.74) is 2.87. The lowest BCUT2D eigenvalue weighted by Gasteiger charge is -2.07. The van der Waals surface area contributed by atoms with Crippen LogP contribution in [-0.2, 0) is 6.54 Å². The molecule has 1 N–H and O–H groups in total. The van der Waals surface area contributed by atoms with Crippen LogP contribution in [-0.4, -0.2) is 25.6 Å². The van der Waals surface area contributed by atoms with Crippen LogP contribution >= 0.6 is 0 Å². The summed E-state index contributed by atoms with van der Waals surface area (Å²) in [6, 6.07) is 7.27. The molecule has 112 valence electrons. The first-order valence-electron chi connectivity index (χ1n) is 7.20. The Labute approximate surface area is 128 Å². The number of rotatable bonds is 4. The zero-order valence-corrected chi connectivity index (χ0v) is 12.5. The molecule has 5 heteroatoms. The van der Waals surface area contributed by atoms with Gasteiger partial charge in [0.15, 0.2) is 5.69 Å². The molecule has 0 aliphatic heterocycles. The number of fused-ring (bicyclic) bond motifs is 1. The summed E-state index contributed by atoms with van der Waals surface area (Å²) in [7, 11) is 0. The molecule has 0 saturated heterocycles. The first kappa shape index (κ1) is 14.3. The van der Waals surface area contributed by atoms with E-state index in [9.17, 15) is 4.79 Å². The van der Waals surface area contributed by atoms with Crippen LogP contribution in [0.25, 0.3) is 22.2 Å². The van der Waals surface area contributed by atoms with Crippen molar-refractivity contribution < 1.29 is 9.90 Å². The van der Waals surface area contributed by atoms with E-state index < -0.39 is 5.97 Å². The van der Waals surface area contributed by atoms with Gasteiger partial charge in [-0.25, -0.2) is 9.78 Å². The minimum Gasteiger partial charge on any atom is -0.477 e. The smallest absolute Gasteiger partial charge is 0.354 e. The first-order chi connectivity index (χ1) is 10.6. The van der Waals surface area contributed by atoms with Crippen molar-refractivity contribution in [1.82, 2.24) is 14.5 Å². The molecule has 3 aromatic heterocycles. The second-order valence-corrected chi connectivity index (χ2v) is 5.70. The Morgan fingerprint density at radius 1 is 1.23 bits per heavy atom. The molecular weight excluding hydrogens is 278 g/mol. The average Bonchev–Trinajstić information content (AvgIpc) is 2.85. The molecule has 0 aromatic carbocycles. The molecule has 3 heterocycles. The lowest BCUT2D eigenvalue weighted by atomic mass is 10.1. The normalized spacial score (nSPS) is 11.2. The van der Waals surface area contributed by atoms with Crippen LogP contribution in [0.2, 0.25) is 0 Å². The van der Waals surface area contributed by atoms with Gasteiger partial charge in [0.1, 0.15) is 5.65 Å². The van der Waals surface area contributed by atoms with Crippen molar-refractivity contribution in [1.29, 1.82) is 0 Å². The van der Waals surface area contributed by atoms with Crippen LogP contribution in [0.4, 0.5) is 0 Å². The minimum absolute atomic E-state index is 0.0666. The molecule has 0 aliphatic rings. The molecule has 0 radical (unpaired) electrons. The summed E-state index contributed by atoms with van der Waals surface area (Å²) in [5, 5.41) is 10.1. The number of nitrogens with zero attached hydrogens (tertiary/aromatic N) is 3. The Kier molecular flexibility index (Phi) is 3.63. The summed E-state index contributed by atoms with van der Waals surface area (Å²) in [5.74, 6) is -0.569. The lowest BCUT2D eigenvalue weighted by Crippen LogP contribution is -2.06. The molecule has 0 spiro atoms. The Bertz CT molecular complexity index is 823. The number of aromatic nitrogens is 3. The zero-order valence-electron chi connectivity index (χ0n) is 12.5. The Morgan fingerprint density at radius 3 is 2.59 bits per heavy atom. The topological polar surface area (TPSA) is 68.0 Å². The van der Waals surface area contributed by atoms with E-state index >= 15 is 0 Å². The second-order valence-electron chi connectivity index (χ2n) is 5.70. The van der Waals surface area contributed by atoms with Gasteiger partial charge in [0.2, 0.25) is 0 Å². The number of pyridine rings is 2. The van der Waals surface area contributed by atoms with Crippen LogP contribution < -0.4 is 0 Å². The van der Waals surface area contributed by atoms with Gasteiger partial charge in [-0.05, 0) is 35.7 Å². The Balaban J connectivity index is 2.24. The van der Waals surface area contributed by atoms with Crippen LogP contribution in [0.1, 0.15) is 24.3 Å². The van der Waals surface area contributed by atoms with Gasteiger partial charge >= 0.3 is 5.97 Å². The molecule has 3 rings (SSSR count). The number of hydrogen-bond acceptors (Lipinski definition) is 3. The van der Waals surface area contributed by atoms with Crippen molar-refractivity contribution in [3.05, 3.63) is 48.5 Å². The van der Waals surface area contributed by atoms with Crippen LogP contribution in [0.3, 0.4) is 0 Å². The van der Waals surface area contributed by atoms with Crippen molar-refractivity contribution in [3.63, 3.8) is 0 Å². The third-order valence-corrected chi connectivity index (χ3v) is 3.49. The fourth-order valence-corrected chi connectivity index (χ4v) is 2.58. The molecule has 0 bridgehead atoms. The first-order valence-corrected chi connectivity index (χ1v) is 7.20. The highest BCUT2D eigenvalue weighted by atomic mass is 16.4. The SMILES string of the molecule is CC(C)Cn1cc(-c2ccncc2)c2ccc(C(=O)O)nc21. The summed E-state index contributed by atoms with van der Waals surface area (Å²) < 4.78 is 2.03. The van der Waals surface area contributed by atoms with Crippen LogP contribution in [0.15, 0.2) is 42.9 Å². The fraction of sp³-hybridized carbons (Fsp3) is 0.235. The van der Waals surface area contributed by atoms with Crippen LogP contribution in [0.5, 0.6) is 0 Å². The third-order valence-electron chi connectivity index (χ3n) is 3.49. The number of aromatic carboxylic acids is 1. The van der Waals surface area contributed by atoms with Crippen molar-refractivity contribution in [2.45, 2.75) is 20.4 Å². The number of hydrogen-bond donors (Lipinski definition) is 1. The van der Waals surface area contributed by atoms with E-state index in [0.29, 0.717) is 11.6 Å². The molecule has 5 nitrogen and oxygen atoms in total. The highest BCUT2D eigenvalue weighted by Crippen LogP contribution is 2.30. The van der Waals surface area contributed by atoms with Crippen molar-refractivity contribution in [2.24, 2.45) is 5.92 Å². The van der Waals surface area contributed by atoms with E-state index in [2.05, 4.69) is 23.8 Å². The number of carboxylic acid groups (broad SMARTS) is 1. The highest BCUT2D eigenvalue weighted by molar-refractivity contribution is 5.96. The predicted octanol–water partition coefficient (Wildman–Crippen LogP) is 3.45. The van der Waals surface area contributed by atoms with E-state index in [4.69, 9.17) is 5.11 Å². The summed E-state index contributed by atoms with van der Waals surface area (Å²) in [4.78, 5) is 19.5. The Hall–Kier alpha value is -2.69. The van der Waals surface area contributed by atoms with E-state index in [1.807, 2.05) is 29.0 Å². The van der Waals surface area contributed by atoms with Gasteiger partial charge in [-0.3, -0.25) is 4.98 Å². The van der Waals surface area contributed by atoms with E-state index in [1.165, 1.54) is 0 Å². The third kappa shape index (κ3) is 2.57. The van der Waals surface area contributed by atoms with Gasteiger partial charge in [-0.1, -0.05) is 13.8 Å². The van der Waals surface area contributed by atoms with Gasteiger partial charge in [-0.2, -0.15) is 0 Å².